The highest BCUT2D eigenvalue weighted by Crippen LogP contribution is 2.32. The second-order valence-electron chi connectivity index (χ2n) is 6.13. The maximum Gasteiger partial charge on any atom is 0.321 e. The molecule has 0 spiro atoms. The first kappa shape index (κ1) is 17.4. The molecule has 2 aromatic rings. The number of carbonyl (C=O) groups is 2. The van der Waals surface area contributed by atoms with Crippen molar-refractivity contribution in [1.29, 1.82) is 0 Å². The maximum atomic E-state index is 12.5. The van der Waals surface area contributed by atoms with Crippen molar-refractivity contribution in [2.24, 2.45) is 5.92 Å². The summed E-state index contributed by atoms with van der Waals surface area (Å²) in [7, 11) is 0. The third-order valence-electron chi connectivity index (χ3n) is 4.36. The van der Waals surface area contributed by atoms with Crippen molar-refractivity contribution in [3.8, 4) is 11.3 Å². The van der Waals surface area contributed by atoms with Gasteiger partial charge in [0, 0.05) is 23.7 Å². The number of piperidine rings is 1. The smallest absolute Gasteiger partial charge is 0.321 e. The number of likely N-dealkylation sites (tertiary alicyclic amines) is 1. The Kier molecular flexibility index (Phi) is 4.99. The van der Waals surface area contributed by atoms with Gasteiger partial charge in [-0.05, 0) is 50.1 Å². The minimum absolute atomic E-state index is 0.268. The van der Waals surface area contributed by atoms with Gasteiger partial charge in [-0.3, -0.25) is 4.79 Å². The van der Waals surface area contributed by atoms with E-state index in [1.807, 2.05) is 19.1 Å². The zero-order valence-corrected chi connectivity index (χ0v) is 14.5. The monoisotopic (exact) mass is 362 g/mol. The molecule has 2 N–H and O–H groups in total. The summed E-state index contributed by atoms with van der Waals surface area (Å²) in [6.07, 6.45) is 0.922. The van der Waals surface area contributed by atoms with Crippen LogP contribution >= 0.6 is 11.6 Å². The molecule has 1 saturated heterocycles. The van der Waals surface area contributed by atoms with E-state index in [1.165, 1.54) is 0 Å². The van der Waals surface area contributed by atoms with Crippen LogP contribution in [0.25, 0.3) is 11.3 Å². The summed E-state index contributed by atoms with van der Waals surface area (Å²) in [6, 6.07) is 8.64. The first-order valence-corrected chi connectivity index (χ1v) is 8.47. The number of nitrogens with one attached hydrogen (secondary N) is 1. The molecule has 0 radical (unpaired) electrons. The van der Waals surface area contributed by atoms with Gasteiger partial charge in [0.25, 0.3) is 0 Å². The first-order chi connectivity index (χ1) is 11.9. The lowest BCUT2D eigenvalue weighted by Crippen LogP contribution is -2.42. The summed E-state index contributed by atoms with van der Waals surface area (Å²) in [4.78, 5) is 25.2. The molecule has 1 aromatic carbocycles. The Labute approximate surface area is 150 Å². The molecule has 0 saturated carbocycles. The number of carboxylic acids is 1. The third kappa shape index (κ3) is 3.96. The summed E-state index contributed by atoms with van der Waals surface area (Å²) in [5.41, 5.74) is 1.30. The molecule has 1 aliphatic rings. The van der Waals surface area contributed by atoms with Gasteiger partial charge in [-0.25, -0.2) is 4.79 Å². The van der Waals surface area contributed by atoms with Gasteiger partial charge in [0.2, 0.25) is 0 Å². The van der Waals surface area contributed by atoms with Crippen LogP contribution in [-0.2, 0) is 4.79 Å². The number of aliphatic carboxylic acids is 1. The van der Waals surface area contributed by atoms with Gasteiger partial charge in [-0.15, -0.1) is 0 Å². The van der Waals surface area contributed by atoms with Gasteiger partial charge in [0.05, 0.1) is 11.6 Å². The highest BCUT2D eigenvalue weighted by molar-refractivity contribution is 6.31. The van der Waals surface area contributed by atoms with Crippen molar-refractivity contribution in [2.45, 2.75) is 19.8 Å². The summed E-state index contributed by atoms with van der Waals surface area (Å²) in [5, 5.41) is 12.4. The second kappa shape index (κ2) is 7.19. The Balaban J connectivity index is 1.75. The summed E-state index contributed by atoms with van der Waals surface area (Å²) in [6.45, 7) is 2.68. The number of hydrogen-bond acceptors (Lipinski definition) is 3. The van der Waals surface area contributed by atoms with Crippen LogP contribution in [0.1, 0.15) is 18.6 Å². The van der Waals surface area contributed by atoms with Crippen LogP contribution in [-0.4, -0.2) is 35.1 Å². The number of aryl methyl sites for hydroxylation is 1. The van der Waals surface area contributed by atoms with E-state index in [0.717, 1.165) is 11.3 Å². The highest BCUT2D eigenvalue weighted by atomic mass is 35.5. The van der Waals surface area contributed by atoms with E-state index < -0.39 is 5.97 Å². The first-order valence-electron chi connectivity index (χ1n) is 8.09. The van der Waals surface area contributed by atoms with Crippen LogP contribution < -0.4 is 5.32 Å². The average molecular weight is 363 g/mol. The Morgan fingerprint density at radius 3 is 2.56 bits per heavy atom. The maximum absolute atomic E-state index is 12.5. The lowest BCUT2D eigenvalue weighted by atomic mass is 9.97. The van der Waals surface area contributed by atoms with E-state index in [9.17, 15) is 9.59 Å². The SMILES string of the molecule is Cc1ccc(-c2ccc(Cl)cc2NC(=O)N2CCC(C(=O)O)CC2)o1. The number of anilines is 1. The standard InChI is InChI=1S/C18H19ClN2O4/c1-11-2-5-16(25-11)14-4-3-13(19)10-15(14)20-18(24)21-8-6-12(7-9-21)17(22)23/h2-5,10,12H,6-9H2,1H3,(H,20,24)(H,22,23). The predicted octanol–water partition coefficient (Wildman–Crippen LogP) is 4.24. The fourth-order valence-electron chi connectivity index (χ4n) is 2.94. The Hall–Kier alpha value is -2.47. The minimum Gasteiger partial charge on any atom is -0.481 e. The molecule has 0 atom stereocenters. The zero-order chi connectivity index (χ0) is 18.0. The van der Waals surface area contributed by atoms with Gasteiger partial charge in [-0.1, -0.05) is 11.6 Å². The predicted molar refractivity (Wildman–Crippen MR) is 94.8 cm³/mol. The van der Waals surface area contributed by atoms with Crippen molar-refractivity contribution in [2.75, 3.05) is 18.4 Å². The topological polar surface area (TPSA) is 82.8 Å². The van der Waals surface area contributed by atoms with Crippen LogP contribution in [0.5, 0.6) is 0 Å². The van der Waals surface area contributed by atoms with Gasteiger partial charge >= 0.3 is 12.0 Å². The summed E-state index contributed by atoms with van der Waals surface area (Å²) >= 11 is 6.07. The van der Waals surface area contributed by atoms with Crippen LogP contribution in [0, 0.1) is 12.8 Å². The third-order valence-corrected chi connectivity index (χ3v) is 4.60. The normalized spacial score (nSPS) is 15.2. The molecule has 132 valence electrons. The molecule has 2 amide bonds. The molecule has 1 aromatic heterocycles. The van der Waals surface area contributed by atoms with Gasteiger partial charge in [-0.2, -0.15) is 0 Å². The number of furan rings is 1. The molecular formula is C18H19ClN2O4. The molecule has 0 unspecified atom stereocenters. The molecule has 2 heterocycles. The number of rotatable bonds is 3. The molecule has 6 nitrogen and oxygen atoms in total. The fourth-order valence-corrected chi connectivity index (χ4v) is 3.11. The van der Waals surface area contributed by atoms with Crippen LogP contribution in [0.3, 0.4) is 0 Å². The molecule has 0 aliphatic carbocycles. The number of halogens is 1. The Morgan fingerprint density at radius 1 is 1.24 bits per heavy atom. The quantitative estimate of drug-likeness (QED) is 0.855. The molecule has 3 rings (SSSR count). The van der Waals surface area contributed by atoms with E-state index >= 15 is 0 Å². The van der Waals surface area contributed by atoms with Crippen LogP contribution in [0.2, 0.25) is 5.02 Å². The fraction of sp³-hybridized carbons (Fsp3) is 0.333. The molecule has 1 aliphatic heterocycles. The van der Waals surface area contributed by atoms with Crippen molar-refractivity contribution in [3.05, 3.63) is 41.1 Å². The van der Waals surface area contributed by atoms with E-state index in [4.69, 9.17) is 21.1 Å². The molecule has 7 heteroatoms. The number of carbonyl (C=O) groups excluding carboxylic acids is 1. The zero-order valence-electron chi connectivity index (χ0n) is 13.8. The van der Waals surface area contributed by atoms with E-state index in [-0.39, 0.29) is 11.9 Å². The van der Waals surface area contributed by atoms with Crippen molar-refractivity contribution in [1.82, 2.24) is 4.90 Å². The number of amides is 2. The van der Waals surface area contributed by atoms with E-state index in [0.29, 0.717) is 42.4 Å². The number of carboxylic acid groups (broad SMARTS) is 1. The number of urea groups is 1. The number of hydrogen-bond donors (Lipinski definition) is 2. The van der Waals surface area contributed by atoms with Crippen molar-refractivity contribution < 1.29 is 19.1 Å². The van der Waals surface area contributed by atoms with Crippen molar-refractivity contribution in [3.63, 3.8) is 0 Å². The number of nitrogens with zero attached hydrogens (tertiary/aromatic N) is 1. The lowest BCUT2D eigenvalue weighted by molar-refractivity contribution is -0.143. The van der Waals surface area contributed by atoms with Gasteiger partial charge in [0.1, 0.15) is 11.5 Å². The van der Waals surface area contributed by atoms with Gasteiger partial charge < -0.3 is 19.7 Å². The lowest BCUT2D eigenvalue weighted by Gasteiger charge is -2.30. The van der Waals surface area contributed by atoms with Crippen LogP contribution in [0.15, 0.2) is 34.7 Å². The largest absolute Gasteiger partial charge is 0.481 e. The Morgan fingerprint density at radius 2 is 1.96 bits per heavy atom. The molecule has 1 fully saturated rings. The van der Waals surface area contributed by atoms with Crippen molar-refractivity contribution >= 4 is 29.3 Å². The number of benzene rings is 1. The van der Waals surface area contributed by atoms with E-state index in [2.05, 4.69) is 5.32 Å². The summed E-state index contributed by atoms with van der Waals surface area (Å²) < 4.78 is 5.64. The molecular weight excluding hydrogens is 344 g/mol. The highest BCUT2D eigenvalue weighted by Gasteiger charge is 2.27. The minimum atomic E-state index is -0.801. The van der Waals surface area contributed by atoms with E-state index in [1.54, 1.807) is 23.1 Å². The summed E-state index contributed by atoms with van der Waals surface area (Å²) in [5.74, 6) is 0.245. The van der Waals surface area contributed by atoms with Crippen LogP contribution in [0.4, 0.5) is 10.5 Å². The van der Waals surface area contributed by atoms with Gasteiger partial charge in [0.15, 0.2) is 0 Å². The average Bonchev–Trinajstić information content (AvgIpc) is 3.01. The Bertz CT molecular complexity index is 794. The second-order valence-corrected chi connectivity index (χ2v) is 6.57. The molecule has 0 bridgehead atoms. The molecule has 25 heavy (non-hydrogen) atoms.